The number of hydrogen-bond acceptors (Lipinski definition) is 6. The Hall–Kier alpha value is -3.59. The van der Waals surface area contributed by atoms with E-state index >= 15 is 0 Å². The average Bonchev–Trinajstić information content (AvgIpc) is 3.57. The maximum Gasteiger partial charge on any atom is 0.330 e. The number of imidazole rings is 1. The van der Waals surface area contributed by atoms with E-state index in [4.69, 9.17) is 10.7 Å². The summed E-state index contributed by atoms with van der Waals surface area (Å²) in [4.78, 5) is 44.4. The molecule has 168 valence electrons. The van der Waals surface area contributed by atoms with Gasteiger partial charge < -0.3 is 10.3 Å². The number of aryl methyl sites for hydroxylation is 2. The number of thioether (sulfide) groups is 1. The van der Waals surface area contributed by atoms with Crippen LogP contribution in [0.3, 0.4) is 0 Å². The van der Waals surface area contributed by atoms with E-state index < -0.39 is 17.0 Å². The Morgan fingerprint density at radius 1 is 1.09 bits per heavy atom. The molecule has 3 N–H and O–H groups in total. The Bertz CT molecular complexity index is 1450. The second-order valence-corrected chi connectivity index (χ2v) is 9.05. The number of H-pyrrole nitrogens is 1. The lowest BCUT2D eigenvalue weighted by Crippen LogP contribution is -2.36. The van der Waals surface area contributed by atoms with Crippen LogP contribution < -0.4 is 17.0 Å². The second-order valence-electron chi connectivity index (χ2n) is 8.10. The topological polar surface area (TPSA) is 116 Å². The fraction of sp³-hybridized carbons (Fsp3) is 0.250. The smallest absolute Gasteiger partial charge is 0.330 e. The Kier molecular flexibility index (Phi) is 5.63. The van der Waals surface area contributed by atoms with Crippen LogP contribution in [0.5, 0.6) is 0 Å². The predicted octanol–water partition coefficient (Wildman–Crippen LogP) is 3.02. The van der Waals surface area contributed by atoms with Crippen molar-refractivity contribution in [3.63, 3.8) is 0 Å². The Morgan fingerprint density at radius 3 is 2.58 bits per heavy atom. The molecule has 0 spiro atoms. The van der Waals surface area contributed by atoms with Gasteiger partial charge in [-0.3, -0.25) is 19.1 Å². The zero-order chi connectivity index (χ0) is 22.9. The van der Waals surface area contributed by atoms with Crippen molar-refractivity contribution < 1.29 is 4.79 Å². The van der Waals surface area contributed by atoms with Gasteiger partial charge in [-0.15, -0.1) is 0 Å². The Balaban J connectivity index is 1.41. The molecule has 4 aromatic rings. The highest BCUT2D eigenvalue weighted by molar-refractivity contribution is 7.99. The summed E-state index contributed by atoms with van der Waals surface area (Å²) in [7, 11) is 0. The number of ketones is 1. The van der Waals surface area contributed by atoms with Crippen LogP contribution in [0.2, 0.25) is 0 Å². The van der Waals surface area contributed by atoms with Gasteiger partial charge in [-0.25, -0.2) is 9.78 Å². The quantitative estimate of drug-likeness (QED) is 0.308. The number of benzene rings is 2. The summed E-state index contributed by atoms with van der Waals surface area (Å²) in [6.07, 6.45) is 2.44. The van der Waals surface area contributed by atoms with Crippen molar-refractivity contribution in [3.8, 4) is 0 Å². The first-order valence-electron chi connectivity index (χ1n) is 10.8. The van der Waals surface area contributed by atoms with Crippen molar-refractivity contribution in [1.82, 2.24) is 19.1 Å². The minimum absolute atomic E-state index is 0.00912. The third-order valence-corrected chi connectivity index (χ3v) is 6.77. The maximum atomic E-state index is 13.0. The predicted molar refractivity (Wildman–Crippen MR) is 129 cm³/mol. The van der Waals surface area contributed by atoms with Crippen molar-refractivity contribution in [2.75, 3.05) is 11.5 Å². The highest BCUT2D eigenvalue weighted by atomic mass is 32.2. The van der Waals surface area contributed by atoms with Crippen molar-refractivity contribution in [2.24, 2.45) is 0 Å². The number of anilines is 1. The van der Waals surface area contributed by atoms with Crippen molar-refractivity contribution in [2.45, 2.75) is 37.0 Å². The van der Waals surface area contributed by atoms with Gasteiger partial charge in [-0.2, -0.15) is 0 Å². The van der Waals surface area contributed by atoms with Gasteiger partial charge in [0.25, 0.3) is 5.56 Å². The summed E-state index contributed by atoms with van der Waals surface area (Å²) in [5.41, 5.74) is 7.69. The van der Waals surface area contributed by atoms with Crippen LogP contribution in [-0.2, 0) is 13.0 Å². The largest absolute Gasteiger partial charge is 0.384 e. The monoisotopic (exact) mass is 461 g/mol. The molecule has 1 fully saturated rings. The molecule has 0 atom stereocenters. The SMILES string of the molecule is Nc1c(C(=O)CSc2nc3ccccc3n2CCc2ccccc2)c(=O)[nH]c(=O)n1C1CC1. The van der Waals surface area contributed by atoms with Crippen molar-refractivity contribution in [1.29, 1.82) is 0 Å². The zero-order valence-electron chi connectivity index (χ0n) is 17.9. The minimum atomic E-state index is -0.738. The van der Waals surface area contributed by atoms with Crippen LogP contribution >= 0.6 is 11.8 Å². The van der Waals surface area contributed by atoms with E-state index in [9.17, 15) is 14.4 Å². The van der Waals surface area contributed by atoms with Crippen LogP contribution in [0.15, 0.2) is 69.3 Å². The zero-order valence-corrected chi connectivity index (χ0v) is 18.7. The molecular weight excluding hydrogens is 438 g/mol. The fourth-order valence-corrected chi connectivity index (χ4v) is 4.91. The van der Waals surface area contributed by atoms with Gasteiger partial charge in [-0.1, -0.05) is 54.2 Å². The number of aromatic nitrogens is 4. The molecule has 2 aromatic carbocycles. The van der Waals surface area contributed by atoms with Gasteiger partial charge in [0.2, 0.25) is 0 Å². The molecule has 33 heavy (non-hydrogen) atoms. The highest BCUT2D eigenvalue weighted by Gasteiger charge is 2.30. The molecule has 0 amide bonds. The number of Topliss-reactive ketones (excluding diaryl/α,β-unsaturated/α-hetero) is 1. The molecule has 1 saturated carbocycles. The number of carbonyl (C=O) groups excluding carboxylic acids is 1. The average molecular weight is 462 g/mol. The lowest BCUT2D eigenvalue weighted by atomic mass is 10.1. The van der Waals surface area contributed by atoms with Gasteiger partial charge in [0, 0.05) is 12.6 Å². The number of hydrogen-bond donors (Lipinski definition) is 2. The van der Waals surface area contributed by atoms with E-state index in [2.05, 4.69) is 21.7 Å². The summed E-state index contributed by atoms with van der Waals surface area (Å²) in [5, 5.41) is 0.700. The Labute approximate surface area is 193 Å². The van der Waals surface area contributed by atoms with E-state index in [1.165, 1.54) is 21.9 Å². The minimum Gasteiger partial charge on any atom is -0.384 e. The molecule has 1 aliphatic carbocycles. The number of rotatable bonds is 8. The lowest BCUT2D eigenvalue weighted by Gasteiger charge is -2.11. The van der Waals surface area contributed by atoms with Crippen LogP contribution in [0.25, 0.3) is 11.0 Å². The highest BCUT2D eigenvalue weighted by Crippen LogP contribution is 2.35. The van der Waals surface area contributed by atoms with Gasteiger partial charge in [0.15, 0.2) is 10.9 Å². The standard InChI is InChI=1S/C24H23N5O3S/c25-21-20(22(31)27-23(32)29(21)16-10-11-16)19(30)14-33-24-26-17-8-4-5-9-18(17)28(24)13-12-15-6-2-1-3-7-15/h1-9,16H,10-14,25H2,(H,27,31,32). The van der Waals surface area contributed by atoms with Crippen molar-refractivity contribution >= 4 is 34.4 Å². The number of para-hydroxylation sites is 2. The van der Waals surface area contributed by atoms with Gasteiger partial charge in [0.1, 0.15) is 11.4 Å². The molecule has 9 heteroatoms. The molecule has 2 heterocycles. The maximum absolute atomic E-state index is 13.0. The van der Waals surface area contributed by atoms with Gasteiger partial charge in [-0.05, 0) is 37.0 Å². The van der Waals surface area contributed by atoms with Gasteiger partial charge >= 0.3 is 5.69 Å². The lowest BCUT2D eigenvalue weighted by molar-refractivity contribution is 0.102. The number of carbonyl (C=O) groups is 1. The van der Waals surface area contributed by atoms with E-state index in [1.807, 2.05) is 42.5 Å². The molecule has 8 nitrogen and oxygen atoms in total. The number of nitrogens with one attached hydrogen (secondary N) is 1. The molecule has 0 saturated heterocycles. The third kappa shape index (κ3) is 4.23. The summed E-state index contributed by atoms with van der Waals surface area (Å²) in [5.74, 6) is -0.477. The molecular formula is C24H23N5O3S. The normalized spacial score (nSPS) is 13.5. The first-order valence-corrected chi connectivity index (χ1v) is 11.8. The first kappa shape index (κ1) is 21.3. The van der Waals surface area contributed by atoms with E-state index in [0.29, 0.717) is 11.7 Å². The van der Waals surface area contributed by atoms with Crippen LogP contribution in [0, 0.1) is 0 Å². The molecule has 0 aliphatic heterocycles. The number of nitrogens with two attached hydrogens (primary N) is 1. The number of nitrogens with zero attached hydrogens (tertiary/aromatic N) is 3. The first-order chi connectivity index (χ1) is 16.0. The molecule has 2 aromatic heterocycles. The molecule has 0 bridgehead atoms. The summed E-state index contributed by atoms with van der Waals surface area (Å²) in [6, 6.07) is 18.0. The summed E-state index contributed by atoms with van der Waals surface area (Å²) >= 11 is 1.27. The summed E-state index contributed by atoms with van der Waals surface area (Å²) < 4.78 is 3.42. The molecule has 0 unspecified atom stereocenters. The third-order valence-electron chi connectivity index (χ3n) is 5.79. The van der Waals surface area contributed by atoms with E-state index in [1.54, 1.807) is 0 Å². The van der Waals surface area contributed by atoms with E-state index in [0.717, 1.165) is 30.3 Å². The fourth-order valence-electron chi connectivity index (χ4n) is 4.00. The second kappa shape index (κ2) is 8.74. The Morgan fingerprint density at radius 2 is 1.82 bits per heavy atom. The number of aromatic amines is 1. The van der Waals surface area contributed by atoms with E-state index in [-0.39, 0.29) is 23.2 Å². The van der Waals surface area contributed by atoms with Crippen LogP contribution in [0.1, 0.15) is 34.8 Å². The molecule has 1 aliphatic rings. The van der Waals surface area contributed by atoms with Gasteiger partial charge in [0.05, 0.1) is 16.8 Å². The molecule has 0 radical (unpaired) electrons. The van der Waals surface area contributed by atoms with Crippen molar-refractivity contribution in [3.05, 3.63) is 86.6 Å². The molecule has 5 rings (SSSR count). The summed E-state index contributed by atoms with van der Waals surface area (Å²) in [6.45, 7) is 0.705. The number of fused-ring (bicyclic) bond motifs is 1. The van der Waals surface area contributed by atoms with Crippen LogP contribution in [-0.4, -0.2) is 30.6 Å². The number of nitrogen functional groups attached to an aromatic ring is 1. The van der Waals surface area contributed by atoms with Crippen LogP contribution in [0.4, 0.5) is 5.82 Å².